The van der Waals surface area contributed by atoms with Crippen molar-refractivity contribution in [3.05, 3.63) is 76.8 Å². The van der Waals surface area contributed by atoms with Crippen molar-refractivity contribution in [1.29, 1.82) is 0 Å². The lowest BCUT2D eigenvalue weighted by atomic mass is 10.1. The molecular weight excluding hydrogens is 630 g/mol. The fourth-order valence-electron chi connectivity index (χ4n) is 3.17. The molecule has 1 atom stereocenters. The van der Waals surface area contributed by atoms with Crippen LogP contribution in [0.4, 0.5) is 26.3 Å². The first kappa shape index (κ1) is 33.0. The standard InChI is InChI=1S/C21H19BrN4O.2C2HF3O2/c1-27-20-5-3-16(22)10-15(20)11-17(23)21-25-18-4-2-14(12-19(18)26-21)13-6-8-24-9-7-13;2*3-2(4,5)1(6)7/h2-10,12,17H,11,23H2,1H3,(H,25,26);2*(H,6,7)/t17-;;/m1../s1. The Balaban J connectivity index is 0.000000349. The van der Waals surface area contributed by atoms with E-state index >= 15 is 0 Å². The van der Waals surface area contributed by atoms with Gasteiger partial charge < -0.3 is 25.7 Å². The molecule has 4 aromatic rings. The lowest BCUT2D eigenvalue weighted by molar-refractivity contribution is -0.193. The summed E-state index contributed by atoms with van der Waals surface area (Å²) in [6, 6.07) is 15.8. The molecule has 0 amide bonds. The minimum absolute atomic E-state index is 0.259. The molecule has 0 spiro atoms. The molecule has 0 aliphatic carbocycles. The number of carbonyl (C=O) groups is 2. The smallest absolute Gasteiger partial charge is 0.490 e. The molecule has 0 saturated carbocycles. The number of pyridine rings is 1. The van der Waals surface area contributed by atoms with Gasteiger partial charge in [0.15, 0.2) is 0 Å². The van der Waals surface area contributed by atoms with Crippen LogP contribution in [0.3, 0.4) is 0 Å². The minimum atomic E-state index is -5.08. The molecule has 2 aromatic carbocycles. The highest BCUT2D eigenvalue weighted by Gasteiger charge is 2.38. The van der Waals surface area contributed by atoms with Crippen LogP contribution >= 0.6 is 15.9 Å². The molecular formula is C25H21BrF6N4O5. The number of aliphatic carboxylic acids is 2. The van der Waals surface area contributed by atoms with Crippen molar-refractivity contribution < 1.29 is 50.9 Å². The molecule has 9 nitrogen and oxygen atoms in total. The van der Waals surface area contributed by atoms with Gasteiger partial charge in [-0.2, -0.15) is 26.3 Å². The van der Waals surface area contributed by atoms with Crippen LogP contribution in [-0.2, 0) is 16.0 Å². The summed E-state index contributed by atoms with van der Waals surface area (Å²) >= 11 is 3.51. The number of benzene rings is 2. The van der Waals surface area contributed by atoms with Gasteiger partial charge in [0.2, 0.25) is 0 Å². The molecule has 0 fully saturated rings. The monoisotopic (exact) mass is 650 g/mol. The van der Waals surface area contributed by atoms with Crippen LogP contribution in [0.5, 0.6) is 5.75 Å². The second-order valence-electron chi connectivity index (χ2n) is 7.96. The largest absolute Gasteiger partial charge is 0.496 e. The van der Waals surface area contributed by atoms with Crippen LogP contribution in [0.1, 0.15) is 17.4 Å². The normalized spacial score (nSPS) is 11.9. The highest BCUT2D eigenvalue weighted by Crippen LogP contribution is 2.28. The zero-order valence-electron chi connectivity index (χ0n) is 20.8. The number of ether oxygens (including phenoxy) is 1. The number of nitrogens with two attached hydrogens (primary N) is 1. The van der Waals surface area contributed by atoms with Crippen molar-refractivity contribution in [3.8, 4) is 16.9 Å². The number of alkyl halides is 6. The Morgan fingerprint density at radius 2 is 1.51 bits per heavy atom. The summed E-state index contributed by atoms with van der Waals surface area (Å²) in [6.07, 6.45) is -5.96. The van der Waals surface area contributed by atoms with Gasteiger partial charge >= 0.3 is 24.3 Å². The molecule has 41 heavy (non-hydrogen) atoms. The first-order valence-electron chi connectivity index (χ1n) is 11.1. The van der Waals surface area contributed by atoms with E-state index in [-0.39, 0.29) is 6.04 Å². The number of fused-ring (bicyclic) bond motifs is 1. The van der Waals surface area contributed by atoms with E-state index in [1.165, 1.54) is 0 Å². The van der Waals surface area contributed by atoms with Crippen molar-refractivity contribution in [1.82, 2.24) is 15.0 Å². The van der Waals surface area contributed by atoms with E-state index in [4.69, 9.17) is 30.3 Å². The third-order valence-electron chi connectivity index (χ3n) is 5.03. The second-order valence-corrected chi connectivity index (χ2v) is 8.88. The maximum atomic E-state index is 10.6. The van der Waals surface area contributed by atoms with Gasteiger partial charge in [0.1, 0.15) is 11.6 Å². The topological polar surface area (TPSA) is 151 Å². The number of H-pyrrole nitrogens is 1. The van der Waals surface area contributed by atoms with Crippen LogP contribution in [-0.4, -0.2) is 56.6 Å². The maximum Gasteiger partial charge on any atom is 0.490 e. The number of aromatic amines is 1. The Morgan fingerprint density at radius 3 is 2.02 bits per heavy atom. The Hall–Kier alpha value is -4.18. The number of halogens is 7. The Bertz CT molecular complexity index is 1460. The average Bonchev–Trinajstić information content (AvgIpc) is 3.33. The first-order chi connectivity index (χ1) is 19.0. The van der Waals surface area contributed by atoms with Crippen molar-refractivity contribution >= 4 is 38.9 Å². The molecule has 0 radical (unpaired) electrons. The molecule has 5 N–H and O–H groups in total. The fraction of sp³-hybridized carbons (Fsp3) is 0.200. The van der Waals surface area contributed by atoms with Crippen LogP contribution in [0.25, 0.3) is 22.2 Å². The van der Waals surface area contributed by atoms with Gasteiger partial charge in [0, 0.05) is 16.9 Å². The van der Waals surface area contributed by atoms with Crippen LogP contribution in [0.2, 0.25) is 0 Å². The van der Waals surface area contributed by atoms with E-state index in [1.54, 1.807) is 19.5 Å². The van der Waals surface area contributed by atoms with Gasteiger partial charge in [-0.15, -0.1) is 0 Å². The molecule has 0 bridgehead atoms. The zero-order chi connectivity index (χ0) is 31.0. The summed E-state index contributed by atoms with van der Waals surface area (Å²) in [7, 11) is 1.67. The number of carboxylic acid groups (broad SMARTS) is 2. The summed E-state index contributed by atoms with van der Waals surface area (Å²) in [5, 5.41) is 14.2. The molecule has 16 heteroatoms. The number of hydrogen-bond donors (Lipinski definition) is 4. The Morgan fingerprint density at radius 1 is 0.951 bits per heavy atom. The lowest BCUT2D eigenvalue weighted by Crippen LogP contribution is -2.21. The van der Waals surface area contributed by atoms with Gasteiger partial charge in [-0.25, -0.2) is 14.6 Å². The average molecular weight is 651 g/mol. The minimum Gasteiger partial charge on any atom is -0.496 e. The number of carboxylic acids is 2. The summed E-state index contributed by atoms with van der Waals surface area (Å²) in [4.78, 5) is 29.9. The number of rotatable bonds is 5. The van der Waals surface area contributed by atoms with E-state index in [2.05, 4.69) is 43.0 Å². The number of hydrogen-bond acceptors (Lipinski definition) is 6. The SMILES string of the molecule is COc1ccc(Br)cc1C[C@@H](N)c1nc2ccc(-c3ccncc3)cc2[nH]1.O=C(O)C(F)(F)F.O=C(O)C(F)(F)F. The van der Waals surface area contributed by atoms with Crippen molar-refractivity contribution in [3.63, 3.8) is 0 Å². The number of methoxy groups -OCH3 is 1. The summed E-state index contributed by atoms with van der Waals surface area (Å²) < 4.78 is 69.9. The molecule has 2 aromatic heterocycles. The third kappa shape index (κ3) is 10.1. The van der Waals surface area contributed by atoms with Crippen LogP contribution in [0, 0.1) is 0 Å². The van der Waals surface area contributed by atoms with Crippen molar-refractivity contribution in [2.45, 2.75) is 24.8 Å². The highest BCUT2D eigenvalue weighted by molar-refractivity contribution is 9.10. The molecule has 4 rings (SSSR count). The van der Waals surface area contributed by atoms with E-state index in [0.717, 1.165) is 43.8 Å². The van der Waals surface area contributed by atoms with E-state index in [0.29, 0.717) is 6.42 Å². The van der Waals surface area contributed by atoms with Gasteiger partial charge in [-0.05, 0) is 65.6 Å². The van der Waals surface area contributed by atoms with Crippen LogP contribution in [0.15, 0.2) is 65.4 Å². The molecule has 0 aliphatic heterocycles. The predicted octanol–water partition coefficient (Wildman–Crippen LogP) is 5.91. The number of imidazole rings is 1. The van der Waals surface area contributed by atoms with Crippen molar-refractivity contribution in [2.75, 3.05) is 7.11 Å². The third-order valence-corrected chi connectivity index (χ3v) is 5.53. The number of aromatic nitrogens is 3. The summed E-state index contributed by atoms with van der Waals surface area (Å²) in [6.45, 7) is 0. The Kier molecular flexibility index (Phi) is 11.2. The van der Waals surface area contributed by atoms with E-state index in [1.807, 2.05) is 36.4 Å². The molecule has 0 saturated heterocycles. The van der Waals surface area contributed by atoms with Crippen molar-refractivity contribution in [2.24, 2.45) is 5.73 Å². The summed E-state index contributed by atoms with van der Waals surface area (Å²) in [5.74, 6) is -3.93. The van der Waals surface area contributed by atoms with Gasteiger partial charge in [-0.3, -0.25) is 4.98 Å². The van der Waals surface area contributed by atoms with E-state index in [9.17, 15) is 26.3 Å². The predicted molar refractivity (Wildman–Crippen MR) is 138 cm³/mol. The van der Waals surface area contributed by atoms with Crippen LogP contribution < -0.4 is 10.5 Å². The molecule has 2 heterocycles. The molecule has 0 unspecified atom stereocenters. The van der Waals surface area contributed by atoms with Gasteiger partial charge in [-0.1, -0.05) is 22.0 Å². The van der Waals surface area contributed by atoms with E-state index < -0.39 is 24.3 Å². The second kappa shape index (κ2) is 13.9. The summed E-state index contributed by atoms with van der Waals surface area (Å²) in [5.41, 5.74) is 11.6. The highest BCUT2D eigenvalue weighted by atomic mass is 79.9. The van der Waals surface area contributed by atoms with Gasteiger partial charge in [0.05, 0.1) is 24.2 Å². The lowest BCUT2D eigenvalue weighted by Gasteiger charge is -2.13. The number of nitrogens with one attached hydrogen (secondary N) is 1. The Labute approximate surface area is 236 Å². The fourth-order valence-corrected chi connectivity index (χ4v) is 3.58. The van der Waals surface area contributed by atoms with Gasteiger partial charge in [0.25, 0.3) is 0 Å². The maximum absolute atomic E-state index is 10.6. The number of nitrogens with zero attached hydrogens (tertiary/aromatic N) is 2. The first-order valence-corrected chi connectivity index (χ1v) is 11.9. The zero-order valence-corrected chi connectivity index (χ0v) is 22.4. The molecule has 220 valence electrons. The molecule has 0 aliphatic rings. The quantitative estimate of drug-likeness (QED) is 0.195.